The first-order valence-corrected chi connectivity index (χ1v) is 8.98. The fourth-order valence-electron chi connectivity index (χ4n) is 3.23. The molecule has 2 amide bonds. The molecule has 1 aromatic carbocycles. The Labute approximate surface area is 162 Å². The summed E-state index contributed by atoms with van der Waals surface area (Å²) in [6.07, 6.45) is 2.35. The number of aryl methyl sites for hydroxylation is 1. The van der Waals surface area contributed by atoms with Gasteiger partial charge in [-0.3, -0.25) is 5.32 Å². The minimum atomic E-state index is -0.322. The number of fused-ring (bicyclic) bond motifs is 1. The van der Waals surface area contributed by atoms with Crippen molar-refractivity contribution in [2.45, 2.75) is 19.4 Å². The van der Waals surface area contributed by atoms with Crippen LogP contribution in [0, 0.1) is 6.92 Å². The maximum atomic E-state index is 12.5. The topological polar surface area (TPSA) is 90.3 Å². The molecule has 3 heterocycles. The lowest BCUT2D eigenvalue weighted by Gasteiger charge is -2.27. The van der Waals surface area contributed by atoms with E-state index in [2.05, 4.69) is 20.7 Å². The van der Waals surface area contributed by atoms with E-state index < -0.39 is 0 Å². The maximum Gasteiger partial charge on any atom is 0.320 e. The van der Waals surface area contributed by atoms with Gasteiger partial charge >= 0.3 is 6.03 Å². The molecule has 2 aromatic heterocycles. The molecule has 1 atom stereocenters. The van der Waals surface area contributed by atoms with E-state index in [1.807, 2.05) is 43.3 Å². The zero-order chi connectivity index (χ0) is 19.5. The Morgan fingerprint density at radius 1 is 1.29 bits per heavy atom. The molecular formula is C20H21N5O3. The number of carbonyl (C=O) groups excluding carboxylic acids is 1. The first-order chi connectivity index (χ1) is 13.6. The molecular weight excluding hydrogens is 358 g/mol. The molecule has 1 aliphatic rings. The zero-order valence-corrected chi connectivity index (χ0v) is 15.7. The van der Waals surface area contributed by atoms with Crippen LogP contribution in [0.1, 0.15) is 11.3 Å². The van der Waals surface area contributed by atoms with Gasteiger partial charge in [0.15, 0.2) is 17.3 Å². The number of urea groups is 1. The number of nitrogens with one attached hydrogen (secondary N) is 2. The highest BCUT2D eigenvalue weighted by molar-refractivity contribution is 5.89. The molecule has 3 aromatic rings. The number of aromatic nitrogens is 3. The molecule has 144 valence electrons. The third kappa shape index (κ3) is 3.62. The summed E-state index contributed by atoms with van der Waals surface area (Å²) in [5, 5.41) is 10.2. The van der Waals surface area contributed by atoms with Crippen molar-refractivity contribution in [3.05, 3.63) is 59.9 Å². The number of ether oxygens (including phenoxy) is 2. The van der Waals surface area contributed by atoms with E-state index >= 15 is 0 Å². The van der Waals surface area contributed by atoms with Crippen molar-refractivity contribution < 1.29 is 14.3 Å². The van der Waals surface area contributed by atoms with Gasteiger partial charge in [0.1, 0.15) is 12.4 Å². The number of nitrogens with zero attached hydrogens (tertiary/aromatic N) is 3. The van der Waals surface area contributed by atoms with Crippen molar-refractivity contribution >= 4 is 11.8 Å². The lowest BCUT2D eigenvalue weighted by Crippen LogP contribution is -2.44. The molecule has 0 radical (unpaired) electrons. The van der Waals surface area contributed by atoms with Crippen LogP contribution in [0.5, 0.6) is 11.5 Å². The first kappa shape index (κ1) is 17.8. The molecule has 0 saturated carbocycles. The predicted octanol–water partition coefficient (Wildman–Crippen LogP) is 2.71. The van der Waals surface area contributed by atoms with Gasteiger partial charge in [-0.1, -0.05) is 18.2 Å². The molecule has 8 nitrogen and oxygen atoms in total. The van der Waals surface area contributed by atoms with Crippen LogP contribution in [-0.2, 0) is 6.42 Å². The Kier molecular flexibility index (Phi) is 4.84. The molecule has 0 fully saturated rings. The number of rotatable bonds is 4. The van der Waals surface area contributed by atoms with Crippen molar-refractivity contribution in [2.75, 3.05) is 19.0 Å². The smallest absolute Gasteiger partial charge is 0.320 e. The van der Waals surface area contributed by atoms with E-state index in [4.69, 9.17) is 9.47 Å². The summed E-state index contributed by atoms with van der Waals surface area (Å²) < 4.78 is 12.7. The molecule has 4 rings (SSSR count). The number of pyridine rings is 1. The maximum absolute atomic E-state index is 12.5. The van der Waals surface area contributed by atoms with Gasteiger partial charge < -0.3 is 14.8 Å². The Hall–Kier alpha value is -3.55. The fraction of sp³-hybridized carbons (Fsp3) is 0.250. The number of hydrogen-bond donors (Lipinski definition) is 2. The van der Waals surface area contributed by atoms with E-state index in [-0.39, 0.29) is 12.1 Å². The van der Waals surface area contributed by atoms with E-state index in [1.165, 1.54) is 0 Å². The standard InChI is InChI=1S/C20H21N5O3/c1-13-10-18(25(24-13)17-8-3-4-9-21-17)23-20(26)22-15-11-14-6-5-7-16(27-2)19(14)28-12-15/h3-10,15H,11-12H2,1-2H3,(H2,22,23,26). The summed E-state index contributed by atoms with van der Waals surface area (Å²) in [5.41, 5.74) is 1.79. The number of carbonyl (C=O) groups is 1. The van der Waals surface area contributed by atoms with Gasteiger partial charge in [0.2, 0.25) is 0 Å². The Morgan fingerprint density at radius 2 is 2.18 bits per heavy atom. The average Bonchev–Trinajstić information content (AvgIpc) is 3.07. The van der Waals surface area contributed by atoms with Crippen LogP contribution in [0.2, 0.25) is 0 Å². The van der Waals surface area contributed by atoms with Crippen molar-refractivity contribution in [1.29, 1.82) is 0 Å². The van der Waals surface area contributed by atoms with Crippen molar-refractivity contribution in [2.24, 2.45) is 0 Å². The minimum absolute atomic E-state index is 0.146. The highest BCUT2D eigenvalue weighted by Gasteiger charge is 2.24. The van der Waals surface area contributed by atoms with Crippen molar-refractivity contribution in [3.8, 4) is 17.3 Å². The van der Waals surface area contributed by atoms with E-state index in [1.54, 1.807) is 24.1 Å². The number of hydrogen-bond acceptors (Lipinski definition) is 5. The normalized spacial score (nSPS) is 15.3. The number of benzene rings is 1. The monoisotopic (exact) mass is 379 g/mol. The Bertz CT molecular complexity index is 987. The quantitative estimate of drug-likeness (QED) is 0.727. The minimum Gasteiger partial charge on any atom is -0.493 e. The molecule has 8 heteroatoms. The van der Waals surface area contributed by atoms with Gasteiger partial charge in [-0.2, -0.15) is 9.78 Å². The summed E-state index contributed by atoms with van der Waals surface area (Å²) >= 11 is 0. The summed E-state index contributed by atoms with van der Waals surface area (Å²) in [7, 11) is 1.61. The number of amides is 2. The van der Waals surface area contributed by atoms with E-state index in [0.717, 1.165) is 17.0 Å². The van der Waals surface area contributed by atoms with Gasteiger partial charge in [0, 0.05) is 17.8 Å². The Morgan fingerprint density at radius 3 is 2.96 bits per heavy atom. The highest BCUT2D eigenvalue weighted by Crippen LogP contribution is 2.34. The van der Waals surface area contributed by atoms with E-state index in [9.17, 15) is 4.79 Å². The Balaban J connectivity index is 1.45. The lowest BCUT2D eigenvalue weighted by atomic mass is 10.0. The third-order valence-corrected chi connectivity index (χ3v) is 4.45. The molecule has 1 aliphatic heterocycles. The average molecular weight is 379 g/mol. The summed E-state index contributed by atoms with van der Waals surface area (Å²) in [6.45, 7) is 2.24. The van der Waals surface area contributed by atoms with Crippen LogP contribution < -0.4 is 20.1 Å². The molecule has 0 spiro atoms. The van der Waals surface area contributed by atoms with Gasteiger partial charge in [0.05, 0.1) is 18.8 Å². The fourth-order valence-corrected chi connectivity index (χ4v) is 3.23. The van der Waals surface area contributed by atoms with Crippen LogP contribution in [-0.4, -0.2) is 40.6 Å². The van der Waals surface area contributed by atoms with Gasteiger partial charge in [-0.05, 0) is 31.5 Å². The second-order valence-electron chi connectivity index (χ2n) is 6.53. The van der Waals surface area contributed by atoms with Crippen LogP contribution in [0.25, 0.3) is 5.82 Å². The second kappa shape index (κ2) is 7.59. The number of para-hydroxylation sites is 1. The van der Waals surface area contributed by atoms with E-state index in [0.29, 0.717) is 30.4 Å². The van der Waals surface area contributed by atoms with Crippen molar-refractivity contribution in [3.63, 3.8) is 0 Å². The molecule has 28 heavy (non-hydrogen) atoms. The summed E-state index contributed by atoms with van der Waals surface area (Å²) in [5.74, 6) is 2.63. The molecule has 1 unspecified atom stereocenters. The largest absolute Gasteiger partial charge is 0.493 e. The second-order valence-corrected chi connectivity index (χ2v) is 6.53. The van der Waals surface area contributed by atoms with Crippen molar-refractivity contribution in [1.82, 2.24) is 20.1 Å². The first-order valence-electron chi connectivity index (χ1n) is 8.98. The SMILES string of the molecule is COc1cccc2c1OCC(NC(=O)Nc1cc(C)nn1-c1ccccn1)C2. The molecule has 0 saturated heterocycles. The number of methoxy groups -OCH3 is 1. The molecule has 0 aliphatic carbocycles. The predicted molar refractivity (Wildman–Crippen MR) is 104 cm³/mol. The van der Waals surface area contributed by atoms with Gasteiger partial charge in [0.25, 0.3) is 0 Å². The van der Waals surface area contributed by atoms with Gasteiger partial charge in [-0.25, -0.2) is 9.78 Å². The van der Waals surface area contributed by atoms with Crippen LogP contribution >= 0.6 is 0 Å². The lowest BCUT2D eigenvalue weighted by molar-refractivity contribution is 0.217. The van der Waals surface area contributed by atoms with Gasteiger partial charge in [-0.15, -0.1) is 0 Å². The highest BCUT2D eigenvalue weighted by atomic mass is 16.5. The summed E-state index contributed by atoms with van der Waals surface area (Å²) in [4.78, 5) is 16.8. The summed E-state index contributed by atoms with van der Waals surface area (Å²) in [6, 6.07) is 12.6. The number of anilines is 1. The molecule has 0 bridgehead atoms. The molecule has 2 N–H and O–H groups in total. The van der Waals surface area contributed by atoms with Crippen LogP contribution in [0.15, 0.2) is 48.7 Å². The van der Waals surface area contributed by atoms with Crippen LogP contribution in [0.3, 0.4) is 0 Å². The third-order valence-electron chi connectivity index (χ3n) is 4.45. The van der Waals surface area contributed by atoms with Crippen LogP contribution in [0.4, 0.5) is 10.6 Å². The zero-order valence-electron chi connectivity index (χ0n) is 15.7.